The van der Waals surface area contributed by atoms with E-state index < -0.39 is 23.4 Å². The van der Waals surface area contributed by atoms with Gasteiger partial charge in [-0.1, -0.05) is 79.9 Å². The average Bonchev–Trinajstić information content (AvgIpc) is 3.22. The number of benzene rings is 4. The molecule has 1 aromatic heterocycles. The summed E-state index contributed by atoms with van der Waals surface area (Å²) < 4.78 is 70.0. The van der Waals surface area contributed by atoms with E-state index in [0.29, 0.717) is 54.0 Å². The number of amides is 2. The molecule has 1 aliphatic carbocycles. The van der Waals surface area contributed by atoms with Crippen LogP contribution in [-0.2, 0) is 34.6 Å². The molecule has 58 heavy (non-hydrogen) atoms. The molecule has 13 heteroatoms. The van der Waals surface area contributed by atoms with E-state index in [0.717, 1.165) is 66.8 Å². The predicted molar refractivity (Wildman–Crippen MR) is 216 cm³/mol. The van der Waals surface area contributed by atoms with Crippen LogP contribution in [0.2, 0.25) is 0 Å². The fourth-order valence-electron chi connectivity index (χ4n) is 8.01. The van der Waals surface area contributed by atoms with Gasteiger partial charge in [0, 0.05) is 54.5 Å². The number of nitrogens with one attached hydrogen (secondary N) is 1. The van der Waals surface area contributed by atoms with Crippen molar-refractivity contribution in [3.63, 3.8) is 0 Å². The van der Waals surface area contributed by atoms with Gasteiger partial charge in [-0.15, -0.1) is 11.8 Å². The standard InChI is InChI=1S/C45H45F5N4O3S/c46-38-11-6-7-33(44(38)47)29-58-43-25-40(55)37-10-4-5-12-39(37)54(43)28-42(57)53(36-21-23-52(24-22-36)27-41(56)51-35-8-2-1-3-9-35)26-30-13-15-31(16-14-30)32-17-19-34(20-18-32)45(48,49)50/h4-7,10-20,25,35-36H,1-3,8-9,21-24,26-29H2,(H,51,56). The zero-order valence-corrected chi connectivity index (χ0v) is 32.8. The summed E-state index contributed by atoms with van der Waals surface area (Å²) in [7, 11) is 0. The third-order valence-electron chi connectivity index (χ3n) is 11.2. The van der Waals surface area contributed by atoms with Crippen molar-refractivity contribution in [3.05, 3.63) is 136 Å². The van der Waals surface area contributed by atoms with Gasteiger partial charge in [-0.2, -0.15) is 13.2 Å². The van der Waals surface area contributed by atoms with Gasteiger partial charge in [0.1, 0.15) is 6.54 Å². The minimum Gasteiger partial charge on any atom is -0.352 e. The number of aromatic nitrogens is 1. The van der Waals surface area contributed by atoms with Gasteiger partial charge in [-0.25, -0.2) is 8.78 Å². The Labute approximate surface area is 338 Å². The van der Waals surface area contributed by atoms with Crippen LogP contribution in [0.3, 0.4) is 0 Å². The number of carbonyl (C=O) groups is 2. The lowest BCUT2D eigenvalue weighted by Crippen LogP contribution is -2.50. The van der Waals surface area contributed by atoms with Gasteiger partial charge in [0.15, 0.2) is 17.1 Å². The molecule has 304 valence electrons. The van der Waals surface area contributed by atoms with Crippen molar-refractivity contribution in [3.8, 4) is 11.1 Å². The number of thioether (sulfide) groups is 1. The van der Waals surface area contributed by atoms with Crippen molar-refractivity contribution in [2.75, 3.05) is 19.6 Å². The summed E-state index contributed by atoms with van der Waals surface area (Å²) >= 11 is 1.14. The van der Waals surface area contributed by atoms with Crippen LogP contribution in [-0.4, -0.2) is 57.9 Å². The summed E-state index contributed by atoms with van der Waals surface area (Å²) in [6.45, 7) is 1.62. The zero-order valence-electron chi connectivity index (χ0n) is 31.9. The number of alkyl halides is 3. The quantitative estimate of drug-likeness (QED) is 0.101. The molecule has 0 atom stereocenters. The SMILES string of the molecule is O=C(CN1CCC(N(Cc2ccc(-c3ccc(C(F)(F)F)cc3)cc2)C(=O)Cn2c(SCc3cccc(F)c3F)cc(=O)c3ccccc32)CC1)NC1CCCCC1. The molecule has 7 rings (SSSR count). The van der Waals surface area contributed by atoms with E-state index in [2.05, 4.69) is 10.2 Å². The fraction of sp³-hybridized carbons (Fsp3) is 0.356. The third kappa shape index (κ3) is 9.98. The molecule has 2 aliphatic rings. The molecule has 1 saturated carbocycles. The van der Waals surface area contributed by atoms with Gasteiger partial charge in [0.2, 0.25) is 11.8 Å². The zero-order chi connectivity index (χ0) is 40.8. The van der Waals surface area contributed by atoms with Crippen LogP contribution in [0, 0.1) is 11.6 Å². The second-order valence-electron chi connectivity index (χ2n) is 15.2. The van der Waals surface area contributed by atoms with E-state index in [-0.39, 0.29) is 53.7 Å². The van der Waals surface area contributed by atoms with Crippen molar-refractivity contribution in [2.45, 2.75) is 87.1 Å². The van der Waals surface area contributed by atoms with E-state index >= 15 is 0 Å². The molecule has 4 aromatic carbocycles. The van der Waals surface area contributed by atoms with Crippen molar-refractivity contribution in [1.82, 2.24) is 19.7 Å². The van der Waals surface area contributed by atoms with E-state index in [1.807, 2.05) is 29.2 Å². The molecule has 1 N–H and O–H groups in total. The second-order valence-corrected chi connectivity index (χ2v) is 16.2. The molecule has 1 saturated heterocycles. The molecule has 0 spiro atoms. The van der Waals surface area contributed by atoms with Crippen molar-refractivity contribution in [2.24, 2.45) is 0 Å². The van der Waals surface area contributed by atoms with E-state index in [9.17, 15) is 36.3 Å². The van der Waals surface area contributed by atoms with Crippen LogP contribution >= 0.6 is 11.8 Å². The normalized spacial score (nSPS) is 15.7. The highest BCUT2D eigenvalue weighted by Crippen LogP contribution is 2.32. The highest BCUT2D eigenvalue weighted by Gasteiger charge is 2.31. The first kappa shape index (κ1) is 41.2. The smallest absolute Gasteiger partial charge is 0.352 e. The second kappa shape index (κ2) is 18.3. The number of fused-ring (bicyclic) bond motifs is 1. The first-order valence-corrected chi connectivity index (χ1v) is 20.7. The van der Waals surface area contributed by atoms with Gasteiger partial charge in [0.25, 0.3) is 0 Å². The number of halogens is 5. The highest BCUT2D eigenvalue weighted by molar-refractivity contribution is 7.98. The van der Waals surface area contributed by atoms with Crippen molar-refractivity contribution >= 4 is 34.5 Å². The number of pyridine rings is 1. The van der Waals surface area contributed by atoms with Crippen molar-refractivity contribution in [1.29, 1.82) is 0 Å². The first-order chi connectivity index (χ1) is 27.9. The van der Waals surface area contributed by atoms with Crippen LogP contribution in [0.15, 0.2) is 107 Å². The van der Waals surface area contributed by atoms with Gasteiger partial charge < -0.3 is 14.8 Å². The molecular formula is C45H45F5N4O3S. The molecule has 0 bridgehead atoms. The summed E-state index contributed by atoms with van der Waals surface area (Å²) in [5.41, 5.74) is 1.85. The predicted octanol–water partition coefficient (Wildman–Crippen LogP) is 9.20. The molecule has 0 radical (unpaired) electrons. The number of hydrogen-bond donors (Lipinski definition) is 1. The summed E-state index contributed by atoms with van der Waals surface area (Å²) in [5, 5.41) is 4.04. The maximum Gasteiger partial charge on any atom is 0.416 e. The van der Waals surface area contributed by atoms with Crippen LogP contribution in [0.5, 0.6) is 0 Å². The number of carbonyl (C=O) groups excluding carboxylic acids is 2. The maximum absolute atomic E-state index is 14.7. The lowest BCUT2D eigenvalue weighted by molar-refractivity contribution is -0.137. The minimum atomic E-state index is -4.43. The summed E-state index contributed by atoms with van der Waals surface area (Å²) in [6, 6.07) is 24.7. The molecule has 2 fully saturated rings. The third-order valence-corrected chi connectivity index (χ3v) is 12.3. The van der Waals surface area contributed by atoms with Crippen LogP contribution < -0.4 is 10.7 Å². The molecular weight excluding hydrogens is 772 g/mol. The van der Waals surface area contributed by atoms with Gasteiger partial charge in [-0.3, -0.25) is 19.3 Å². The Morgan fingerprint density at radius 3 is 2.16 bits per heavy atom. The van der Waals surface area contributed by atoms with Crippen LogP contribution in [0.25, 0.3) is 22.0 Å². The number of rotatable bonds is 12. The molecule has 1 aliphatic heterocycles. The number of para-hydroxylation sites is 1. The van der Waals surface area contributed by atoms with Crippen molar-refractivity contribution < 1.29 is 31.5 Å². The summed E-state index contributed by atoms with van der Waals surface area (Å²) in [5.74, 6) is -2.11. The molecule has 0 unspecified atom stereocenters. The van der Waals surface area contributed by atoms with E-state index in [4.69, 9.17) is 0 Å². The fourth-order valence-corrected chi connectivity index (χ4v) is 9.04. The Morgan fingerprint density at radius 1 is 0.793 bits per heavy atom. The van der Waals surface area contributed by atoms with Crippen LogP contribution in [0.4, 0.5) is 22.0 Å². The average molecular weight is 817 g/mol. The van der Waals surface area contributed by atoms with Gasteiger partial charge in [0.05, 0.1) is 22.7 Å². The Bertz CT molecular complexity index is 2280. The van der Waals surface area contributed by atoms with E-state index in [1.54, 1.807) is 28.8 Å². The number of piperidine rings is 1. The Morgan fingerprint density at radius 2 is 1.47 bits per heavy atom. The minimum absolute atomic E-state index is 0.0136. The Hall–Kier alpha value is -5.01. The lowest BCUT2D eigenvalue weighted by Gasteiger charge is -2.39. The largest absolute Gasteiger partial charge is 0.416 e. The highest BCUT2D eigenvalue weighted by atomic mass is 32.2. The van der Waals surface area contributed by atoms with Gasteiger partial charge >= 0.3 is 6.18 Å². The number of nitrogens with zero attached hydrogens (tertiary/aromatic N) is 3. The Kier molecular flexibility index (Phi) is 13.0. The molecule has 2 heterocycles. The molecule has 5 aromatic rings. The topological polar surface area (TPSA) is 74.7 Å². The summed E-state index contributed by atoms with van der Waals surface area (Å²) in [6.07, 6.45) is 2.26. The summed E-state index contributed by atoms with van der Waals surface area (Å²) in [4.78, 5) is 44.8. The Balaban J connectivity index is 1.13. The maximum atomic E-state index is 14.7. The number of likely N-dealkylation sites (tertiary alicyclic amines) is 1. The van der Waals surface area contributed by atoms with Gasteiger partial charge in [-0.05, 0) is 72.7 Å². The monoisotopic (exact) mass is 816 g/mol. The molecule has 7 nitrogen and oxygen atoms in total. The lowest BCUT2D eigenvalue weighted by atomic mass is 9.95. The molecule has 2 amide bonds. The van der Waals surface area contributed by atoms with E-state index in [1.165, 1.54) is 36.8 Å². The van der Waals surface area contributed by atoms with Crippen LogP contribution in [0.1, 0.15) is 61.6 Å². The first-order valence-electron chi connectivity index (χ1n) is 19.7. The number of hydrogen-bond acceptors (Lipinski definition) is 5.